The summed E-state index contributed by atoms with van der Waals surface area (Å²) in [5.41, 5.74) is 0.551. The lowest BCUT2D eigenvalue weighted by Crippen LogP contribution is -2.23. The number of benzene rings is 1. The van der Waals surface area contributed by atoms with Gasteiger partial charge < -0.3 is 4.74 Å². The first-order valence-electron chi connectivity index (χ1n) is 5.75. The van der Waals surface area contributed by atoms with Crippen LogP contribution in [0.4, 0.5) is 0 Å². The summed E-state index contributed by atoms with van der Waals surface area (Å²) in [4.78, 5) is 25.1. The van der Waals surface area contributed by atoms with E-state index in [-0.39, 0.29) is 0 Å². The van der Waals surface area contributed by atoms with Crippen LogP contribution >= 0.6 is 0 Å². The highest BCUT2D eigenvalue weighted by Crippen LogP contribution is 2.16. The third-order valence-electron chi connectivity index (χ3n) is 2.23. The van der Waals surface area contributed by atoms with Crippen molar-refractivity contribution >= 4 is 5.97 Å². The highest BCUT2D eigenvalue weighted by molar-refractivity contribution is 5.90. The molecule has 100 valence electrons. The van der Waals surface area contributed by atoms with Gasteiger partial charge in [-0.2, -0.15) is 0 Å². The van der Waals surface area contributed by atoms with Crippen LogP contribution in [0.25, 0.3) is 11.4 Å². The van der Waals surface area contributed by atoms with Gasteiger partial charge in [-0.15, -0.1) is 0 Å². The van der Waals surface area contributed by atoms with Crippen molar-refractivity contribution in [2.45, 2.75) is 26.4 Å². The predicted octanol–water partition coefficient (Wildman–Crippen LogP) is 1.99. The first kappa shape index (κ1) is 13.1. The van der Waals surface area contributed by atoms with Crippen molar-refractivity contribution in [2.24, 2.45) is 0 Å². The molecule has 19 heavy (non-hydrogen) atoms. The SMILES string of the molecule is CC(C)(C)OC(=O)c1ccc(-c2noc(=O)[nH]2)cc1. The van der Waals surface area contributed by atoms with Gasteiger partial charge in [-0.3, -0.25) is 9.51 Å². The van der Waals surface area contributed by atoms with Crippen molar-refractivity contribution in [1.29, 1.82) is 0 Å². The Morgan fingerprint density at radius 2 is 1.89 bits per heavy atom. The Hall–Kier alpha value is -2.37. The van der Waals surface area contributed by atoms with Gasteiger partial charge in [0.05, 0.1) is 5.56 Å². The van der Waals surface area contributed by atoms with Crippen molar-refractivity contribution < 1.29 is 14.1 Å². The molecule has 1 heterocycles. The average molecular weight is 262 g/mol. The van der Waals surface area contributed by atoms with Gasteiger partial charge in [-0.1, -0.05) is 17.3 Å². The standard InChI is InChI=1S/C13H14N2O4/c1-13(2,3)18-11(16)9-6-4-8(5-7-9)10-14-12(17)19-15-10/h4-7H,1-3H3,(H,14,15,17). The van der Waals surface area contributed by atoms with Crippen LogP contribution in [0.5, 0.6) is 0 Å². The molecule has 1 aromatic carbocycles. The number of hydrogen-bond donors (Lipinski definition) is 1. The molecule has 0 radical (unpaired) electrons. The van der Waals surface area contributed by atoms with Gasteiger partial charge in [0.1, 0.15) is 5.60 Å². The minimum Gasteiger partial charge on any atom is -0.456 e. The van der Waals surface area contributed by atoms with Gasteiger partial charge in [0, 0.05) is 5.56 Å². The fourth-order valence-corrected chi connectivity index (χ4v) is 1.46. The van der Waals surface area contributed by atoms with Gasteiger partial charge in [0.15, 0.2) is 5.82 Å². The van der Waals surface area contributed by atoms with Crippen LogP contribution < -0.4 is 5.76 Å². The zero-order chi connectivity index (χ0) is 14.0. The van der Waals surface area contributed by atoms with Crippen molar-refractivity contribution in [3.63, 3.8) is 0 Å². The van der Waals surface area contributed by atoms with E-state index in [2.05, 4.69) is 14.7 Å². The quantitative estimate of drug-likeness (QED) is 0.836. The van der Waals surface area contributed by atoms with Crippen molar-refractivity contribution in [3.05, 3.63) is 40.4 Å². The zero-order valence-corrected chi connectivity index (χ0v) is 10.9. The highest BCUT2D eigenvalue weighted by atomic mass is 16.6. The summed E-state index contributed by atoms with van der Waals surface area (Å²) in [6.07, 6.45) is 0. The molecule has 1 aromatic heterocycles. The Balaban J connectivity index is 2.19. The number of nitrogens with zero attached hydrogens (tertiary/aromatic N) is 1. The fraction of sp³-hybridized carbons (Fsp3) is 0.308. The third kappa shape index (κ3) is 3.31. The lowest BCUT2D eigenvalue weighted by atomic mass is 10.1. The van der Waals surface area contributed by atoms with E-state index in [0.29, 0.717) is 17.0 Å². The van der Waals surface area contributed by atoms with E-state index in [1.807, 2.05) is 0 Å². The molecule has 1 N–H and O–H groups in total. The highest BCUT2D eigenvalue weighted by Gasteiger charge is 2.17. The Kier molecular flexibility index (Phi) is 3.25. The lowest BCUT2D eigenvalue weighted by Gasteiger charge is -2.19. The fourth-order valence-electron chi connectivity index (χ4n) is 1.46. The minimum absolute atomic E-state index is 0.320. The minimum atomic E-state index is -0.619. The molecular formula is C13H14N2O4. The second-order valence-electron chi connectivity index (χ2n) is 5.02. The third-order valence-corrected chi connectivity index (χ3v) is 2.23. The molecule has 0 unspecified atom stereocenters. The first-order valence-corrected chi connectivity index (χ1v) is 5.75. The number of rotatable bonds is 2. The van der Waals surface area contributed by atoms with Crippen LogP contribution in [0.2, 0.25) is 0 Å². The van der Waals surface area contributed by atoms with Crippen LogP contribution in [-0.2, 0) is 4.74 Å². The average Bonchev–Trinajstić information content (AvgIpc) is 2.74. The number of nitrogens with one attached hydrogen (secondary N) is 1. The van der Waals surface area contributed by atoms with Gasteiger partial charge >= 0.3 is 11.7 Å². The Labute approximate surface area is 109 Å². The van der Waals surface area contributed by atoms with Gasteiger partial charge in [0.2, 0.25) is 0 Å². The largest absolute Gasteiger partial charge is 0.456 e. The molecule has 0 saturated heterocycles. The van der Waals surface area contributed by atoms with Crippen LogP contribution in [0.1, 0.15) is 31.1 Å². The number of carbonyl (C=O) groups is 1. The summed E-state index contributed by atoms with van der Waals surface area (Å²) in [5, 5.41) is 3.56. The number of esters is 1. The van der Waals surface area contributed by atoms with Crippen LogP contribution in [-0.4, -0.2) is 21.7 Å². The molecular weight excluding hydrogens is 248 g/mol. The lowest BCUT2D eigenvalue weighted by molar-refractivity contribution is 0.00696. The van der Waals surface area contributed by atoms with E-state index in [1.165, 1.54) is 0 Å². The summed E-state index contributed by atoms with van der Waals surface area (Å²) in [5.74, 6) is -0.695. The summed E-state index contributed by atoms with van der Waals surface area (Å²) >= 11 is 0. The van der Waals surface area contributed by atoms with E-state index in [4.69, 9.17) is 4.74 Å². The van der Waals surface area contributed by atoms with Crippen molar-refractivity contribution in [1.82, 2.24) is 10.1 Å². The maximum Gasteiger partial charge on any atom is 0.439 e. The molecule has 0 spiro atoms. The molecule has 6 nitrogen and oxygen atoms in total. The van der Waals surface area contributed by atoms with Crippen molar-refractivity contribution in [3.8, 4) is 11.4 Å². The number of H-pyrrole nitrogens is 1. The van der Waals surface area contributed by atoms with Crippen molar-refractivity contribution in [2.75, 3.05) is 0 Å². The van der Waals surface area contributed by atoms with Crippen LogP contribution in [0.3, 0.4) is 0 Å². The topological polar surface area (TPSA) is 85.2 Å². The van der Waals surface area contributed by atoms with E-state index in [0.717, 1.165) is 0 Å². The monoisotopic (exact) mass is 262 g/mol. The van der Waals surface area contributed by atoms with Gasteiger partial charge in [-0.25, -0.2) is 9.59 Å². The Morgan fingerprint density at radius 1 is 1.26 bits per heavy atom. The molecule has 0 aliphatic carbocycles. The number of carbonyl (C=O) groups excluding carboxylic acids is 1. The molecule has 2 aromatic rings. The molecule has 0 aliphatic heterocycles. The summed E-state index contributed by atoms with van der Waals surface area (Å²) in [7, 11) is 0. The molecule has 0 atom stereocenters. The smallest absolute Gasteiger partial charge is 0.439 e. The number of aromatic amines is 1. The Bertz CT molecular complexity index is 632. The van der Waals surface area contributed by atoms with Gasteiger partial charge in [-0.05, 0) is 32.9 Å². The zero-order valence-electron chi connectivity index (χ0n) is 10.9. The molecule has 2 rings (SSSR count). The number of hydrogen-bond acceptors (Lipinski definition) is 5. The predicted molar refractivity (Wildman–Crippen MR) is 67.7 cm³/mol. The van der Waals surface area contributed by atoms with Crippen LogP contribution in [0.15, 0.2) is 33.6 Å². The molecule has 0 amide bonds. The first-order chi connectivity index (χ1) is 8.85. The summed E-state index contributed by atoms with van der Waals surface area (Å²) in [6, 6.07) is 6.53. The normalized spacial score (nSPS) is 11.3. The molecule has 0 bridgehead atoms. The maximum atomic E-state index is 11.8. The molecule has 6 heteroatoms. The maximum absolute atomic E-state index is 11.8. The molecule has 0 fully saturated rings. The van der Waals surface area contributed by atoms with E-state index in [9.17, 15) is 9.59 Å². The second-order valence-corrected chi connectivity index (χ2v) is 5.02. The summed E-state index contributed by atoms with van der Waals surface area (Å²) < 4.78 is 9.65. The van der Waals surface area contributed by atoms with Crippen LogP contribution in [0, 0.1) is 0 Å². The Morgan fingerprint density at radius 3 is 2.37 bits per heavy atom. The van der Waals surface area contributed by atoms with Gasteiger partial charge in [0.25, 0.3) is 0 Å². The number of ether oxygens (including phenoxy) is 1. The number of aromatic nitrogens is 2. The molecule has 0 aliphatic rings. The van der Waals surface area contributed by atoms with E-state index in [1.54, 1.807) is 45.0 Å². The summed E-state index contributed by atoms with van der Waals surface area (Å²) in [6.45, 7) is 5.41. The van der Waals surface area contributed by atoms with E-state index >= 15 is 0 Å². The van der Waals surface area contributed by atoms with E-state index < -0.39 is 17.3 Å². The molecule has 0 saturated carbocycles. The second kappa shape index (κ2) is 4.72.